The first-order chi connectivity index (χ1) is 12.0. The Bertz CT molecular complexity index is 925. The quantitative estimate of drug-likeness (QED) is 0.465. The summed E-state index contributed by atoms with van der Waals surface area (Å²) >= 11 is 3.92. The molecule has 0 spiro atoms. The van der Waals surface area contributed by atoms with Crippen LogP contribution in [0.15, 0.2) is 18.2 Å². The van der Waals surface area contributed by atoms with Gasteiger partial charge < -0.3 is 5.32 Å². The molecule has 1 aliphatic rings. The second kappa shape index (κ2) is 6.87. The average Bonchev–Trinajstić information content (AvgIpc) is 3.06. The van der Waals surface area contributed by atoms with Crippen molar-refractivity contribution in [3.63, 3.8) is 0 Å². The van der Waals surface area contributed by atoms with Crippen LogP contribution in [0, 0.1) is 23.2 Å². The van der Waals surface area contributed by atoms with Crippen LogP contribution in [-0.2, 0) is 0 Å². The van der Waals surface area contributed by atoms with Crippen LogP contribution in [0.4, 0.5) is 10.2 Å². The van der Waals surface area contributed by atoms with Crippen LogP contribution in [0.3, 0.4) is 0 Å². The number of rotatable bonds is 3. The van der Waals surface area contributed by atoms with Crippen LogP contribution in [0.2, 0.25) is 0 Å². The van der Waals surface area contributed by atoms with Crippen molar-refractivity contribution in [3.8, 4) is 11.3 Å². The highest BCUT2D eigenvalue weighted by molar-refractivity contribution is 14.1. The van der Waals surface area contributed by atoms with E-state index in [0.717, 1.165) is 25.6 Å². The molecule has 6 heteroatoms. The SMILES string of the molecule is Cc1sc2nc(-c3ccc(F)cc3I)c(NC3CCCCC3)n2c1C. The van der Waals surface area contributed by atoms with Crippen molar-refractivity contribution in [2.45, 2.75) is 52.0 Å². The minimum absolute atomic E-state index is 0.206. The van der Waals surface area contributed by atoms with Gasteiger partial charge in [-0.3, -0.25) is 4.40 Å². The number of thiazole rings is 1. The Morgan fingerprint density at radius 1 is 1.24 bits per heavy atom. The lowest BCUT2D eigenvalue weighted by molar-refractivity contribution is 0.461. The zero-order valence-electron chi connectivity index (χ0n) is 14.4. The van der Waals surface area contributed by atoms with E-state index < -0.39 is 0 Å². The molecule has 0 atom stereocenters. The summed E-state index contributed by atoms with van der Waals surface area (Å²) in [5, 5.41) is 3.78. The summed E-state index contributed by atoms with van der Waals surface area (Å²) in [5.74, 6) is 0.858. The van der Waals surface area contributed by atoms with E-state index in [0.29, 0.717) is 6.04 Å². The predicted molar refractivity (Wildman–Crippen MR) is 111 cm³/mol. The third kappa shape index (κ3) is 3.18. The lowest BCUT2D eigenvalue weighted by atomic mass is 9.95. The van der Waals surface area contributed by atoms with Gasteiger partial charge >= 0.3 is 0 Å². The molecule has 1 aromatic carbocycles. The second-order valence-electron chi connectivity index (χ2n) is 6.77. The molecule has 1 aliphatic carbocycles. The van der Waals surface area contributed by atoms with E-state index in [1.54, 1.807) is 17.4 Å². The number of anilines is 1. The number of hydrogen-bond donors (Lipinski definition) is 1. The maximum absolute atomic E-state index is 13.6. The summed E-state index contributed by atoms with van der Waals surface area (Å²) in [6, 6.07) is 5.43. The van der Waals surface area contributed by atoms with Gasteiger partial charge in [0.15, 0.2) is 4.96 Å². The Balaban J connectivity index is 1.86. The molecular formula is C19H21FIN3S. The fourth-order valence-corrected chi connectivity index (χ4v) is 5.29. The van der Waals surface area contributed by atoms with Gasteiger partial charge in [-0.25, -0.2) is 9.37 Å². The van der Waals surface area contributed by atoms with Crippen LogP contribution in [0.1, 0.15) is 42.7 Å². The molecule has 2 heterocycles. The number of imidazole rings is 1. The van der Waals surface area contributed by atoms with Crippen molar-refractivity contribution in [2.75, 3.05) is 5.32 Å². The molecular weight excluding hydrogens is 448 g/mol. The largest absolute Gasteiger partial charge is 0.367 e. The second-order valence-corrected chi connectivity index (χ2v) is 9.12. The molecule has 0 amide bonds. The molecule has 3 nitrogen and oxygen atoms in total. The average molecular weight is 469 g/mol. The third-order valence-corrected chi connectivity index (χ3v) is 7.02. The minimum Gasteiger partial charge on any atom is -0.367 e. The van der Waals surface area contributed by atoms with Gasteiger partial charge in [0.05, 0.1) is 0 Å². The number of nitrogens with one attached hydrogen (secondary N) is 1. The maximum atomic E-state index is 13.6. The van der Waals surface area contributed by atoms with Crippen LogP contribution in [-0.4, -0.2) is 15.4 Å². The molecule has 0 saturated heterocycles. The van der Waals surface area contributed by atoms with E-state index in [1.165, 1.54) is 48.7 Å². The zero-order chi connectivity index (χ0) is 17.6. The Kier molecular flexibility index (Phi) is 4.75. The fraction of sp³-hybridized carbons (Fsp3) is 0.421. The molecule has 0 unspecified atom stereocenters. The van der Waals surface area contributed by atoms with E-state index in [9.17, 15) is 4.39 Å². The molecule has 1 N–H and O–H groups in total. The maximum Gasteiger partial charge on any atom is 0.196 e. The van der Waals surface area contributed by atoms with E-state index in [4.69, 9.17) is 4.98 Å². The number of aryl methyl sites for hydroxylation is 2. The summed E-state index contributed by atoms with van der Waals surface area (Å²) < 4.78 is 16.7. The summed E-state index contributed by atoms with van der Waals surface area (Å²) in [6.45, 7) is 4.28. The highest BCUT2D eigenvalue weighted by atomic mass is 127. The van der Waals surface area contributed by atoms with Crippen LogP contribution >= 0.6 is 33.9 Å². The van der Waals surface area contributed by atoms with E-state index >= 15 is 0 Å². The van der Waals surface area contributed by atoms with Gasteiger partial charge in [-0.2, -0.15) is 0 Å². The predicted octanol–water partition coefficient (Wildman–Crippen LogP) is 6.17. The van der Waals surface area contributed by atoms with Gasteiger partial charge in [0, 0.05) is 25.7 Å². The van der Waals surface area contributed by atoms with Crippen molar-refractivity contribution in [1.29, 1.82) is 0 Å². The Morgan fingerprint density at radius 2 is 2.00 bits per heavy atom. The lowest BCUT2D eigenvalue weighted by Crippen LogP contribution is -2.23. The molecule has 132 valence electrons. The number of halogens is 2. The number of aromatic nitrogens is 2. The first-order valence-corrected chi connectivity index (χ1v) is 10.6. The van der Waals surface area contributed by atoms with E-state index in [1.807, 2.05) is 6.07 Å². The molecule has 0 aliphatic heterocycles. The van der Waals surface area contributed by atoms with Gasteiger partial charge in [0.2, 0.25) is 0 Å². The topological polar surface area (TPSA) is 29.3 Å². The minimum atomic E-state index is -0.206. The highest BCUT2D eigenvalue weighted by Crippen LogP contribution is 2.37. The van der Waals surface area contributed by atoms with Gasteiger partial charge in [0.25, 0.3) is 0 Å². The van der Waals surface area contributed by atoms with Gasteiger partial charge in [-0.15, -0.1) is 11.3 Å². The Labute approximate surface area is 164 Å². The summed E-state index contributed by atoms with van der Waals surface area (Å²) in [4.78, 5) is 7.20. The van der Waals surface area contributed by atoms with E-state index in [-0.39, 0.29) is 5.82 Å². The molecule has 25 heavy (non-hydrogen) atoms. The van der Waals surface area contributed by atoms with Gasteiger partial charge in [-0.1, -0.05) is 19.3 Å². The van der Waals surface area contributed by atoms with Crippen molar-refractivity contribution >= 4 is 44.7 Å². The Hall–Kier alpha value is -1.15. The van der Waals surface area contributed by atoms with Crippen molar-refractivity contribution in [1.82, 2.24) is 9.38 Å². The molecule has 1 fully saturated rings. The standard InChI is InChI=1S/C19H21FIN3S/c1-11-12(2)25-19-23-17(15-9-8-13(20)10-16(15)21)18(24(11)19)22-14-6-4-3-5-7-14/h8-10,14,22H,3-7H2,1-2H3. The summed E-state index contributed by atoms with van der Waals surface area (Å²) in [6.07, 6.45) is 6.30. The number of benzene rings is 1. The number of hydrogen-bond acceptors (Lipinski definition) is 3. The third-order valence-electron chi connectivity index (χ3n) is 5.07. The van der Waals surface area contributed by atoms with Crippen LogP contribution in [0.5, 0.6) is 0 Å². The smallest absolute Gasteiger partial charge is 0.196 e. The van der Waals surface area contributed by atoms with Crippen molar-refractivity contribution < 1.29 is 4.39 Å². The molecule has 0 radical (unpaired) electrons. The molecule has 4 rings (SSSR count). The van der Waals surface area contributed by atoms with Crippen LogP contribution < -0.4 is 5.32 Å². The van der Waals surface area contributed by atoms with E-state index in [2.05, 4.69) is 46.2 Å². The molecule has 3 aromatic rings. The fourth-order valence-electron chi connectivity index (χ4n) is 3.59. The normalized spacial score (nSPS) is 15.8. The summed E-state index contributed by atoms with van der Waals surface area (Å²) in [5.41, 5.74) is 3.16. The van der Waals surface area contributed by atoms with Crippen molar-refractivity contribution in [2.24, 2.45) is 0 Å². The zero-order valence-corrected chi connectivity index (χ0v) is 17.4. The number of fused-ring (bicyclic) bond motifs is 1. The molecule has 2 aromatic heterocycles. The van der Waals surface area contributed by atoms with Gasteiger partial charge in [-0.05, 0) is 67.5 Å². The van der Waals surface area contributed by atoms with Crippen LogP contribution in [0.25, 0.3) is 16.2 Å². The Morgan fingerprint density at radius 3 is 2.72 bits per heavy atom. The van der Waals surface area contributed by atoms with Crippen molar-refractivity contribution in [3.05, 3.63) is 38.2 Å². The first kappa shape index (κ1) is 17.3. The summed E-state index contributed by atoms with van der Waals surface area (Å²) in [7, 11) is 0. The molecule has 0 bridgehead atoms. The molecule has 1 saturated carbocycles. The monoisotopic (exact) mass is 469 g/mol. The first-order valence-electron chi connectivity index (χ1n) is 8.75. The number of nitrogens with zero attached hydrogens (tertiary/aromatic N) is 2. The lowest BCUT2D eigenvalue weighted by Gasteiger charge is -2.24. The van der Waals surface area contributed by atoms with Gasteiger partial charge in [0.1, 0.15) is 17.3 Å². The highest BCUT2D eigenvalue weighted by Gasteiger charge is 2.23.